The van der Waals surface area contributed by atoms with E-state index in [1.54, 1.807) is 0 Å². The molecule has 5 nitrogen and oxygen atoms in total. The standard InChI is InChI=1S/C10H11F3N4O/c1-16-9(10(11,12)13)7(4-15-16)5-17-3-2-14-8(17)6-18/h2-4,18H,5-6H2,1H3. The van der Waals surface area contributed by atoms with Gasteiger partial charge in [-0.05, 0) is 0 Å². The molecule has 2 rings (SSSR count). The van der Waals surface area contributed by atoms with Crippen molar-refractivity contribution in [2.75, 3.05) is 0 Å². The summed E-state index contributed by atoms with van der Waals surface area (Å²) in [5, 5.41) is 12.6. The van der Waals surface area contributed by atoms with Crippen LogP contribution in [-0.2, 0) is 26.4 Å². The molecule has 0 aliphatic carbocycles. The Bertz CT molecular complexity index is 544. The molecule has 0 radical (unpaired) electrons. The van der Waals surface area contributed by atoms with Gasteiger partial charge in [-0.25, -0.2) is 4.98 Å². The van der Waals surface area contributed by atoms with E-state index in [4.69, 9.17) is 5.11 Å². The third kappa shape index (κ3) is 2.23. The maximum absolute atomic E-state index is 12.8. The second kappa shape index (κ2) is 4.45. The van der Waals surface area contributed by atoms with Crippen molar-refractivity contribution in [1.82, 2.24) is 19.3 Å². The Morgan fingerprint density at radius 1 is 1.39 bits per heavy atom. The number of nitrogens with zero attached hydrogens (tertiary/aromatic N) is 4. The molecule has 18 heavy (non-hydrogen) atoms. The van der Waals surface area contributed by atoms with Gasteiger partial charge in [-0.3, -0.25) is 4.68 Å². The molecule has 98 valence electrons. The summed E-state index contributed by atoms with van der Waals surface area (Å²) in [6.07, 6.45) is -0.349. The van der Waals surface area contributed by atoms with Gasteiger partial charge in [-0.15, -0.1) is 0 Å². The minimum atomic E-state index is -4.46. The molecule has 1 N–H and O–H groups in total. The van der Waals surface area contributed by atoms with Crippen LogP contribution in [0.25, 0.3) is 0 Å². The van der Waals surface area contributed by atoms with E-state index in [9.17, 15) is 13.2 Å². The lowest BCUT2D eigenvalue weighted by Crippen LogP contribution is -2.16. The molecule has 2 heterocycles. The number of imidazole rings is 1. The zero-order valence-electron chi connectivity index (χ0n) is 9.52. The third-order valence-corrected chi connectivity index (χ3v) is 2.57. The van der Waals surface area contributed by atoms with Crippen LogP contribution >= 0.6 is 0 Å². The first kappa shape index (κ1) is 12.6. The van der Waals surface area contributed by atoms with Gasteiger partial charge in [0.25, 0.3) is 0 Å². The Balaban J connectivity index is 2.36. The van der Waals surface area contributed by atoms with E-state index in [-0.39, 0.29) is 18.7 Å². The first-order chi connectivity index (χ1) is 8.43. The van der Waals surface area contributed by atoms with Crippen LogP contribution in [0.3, 0.4) is 0 Å². The first-order valence-corrected chi connectivity index (χ1v) is 5.12. The number of rotatable bonds is 3. The van der Waals surface area contributed by atoms with Crippen LogP contribution in [-0.4, -0.2) is 24.4 Å². The summed E-state index contributed by atoms with van der Waals surface area (Å²) in [7, 11) is 1.24. The van der Waals surface area contributed by atoms with Crippen molar-refractivity contribution in [3.63, 3.8) is 0 Å². The van der Waals surface area contributed by atoms with Crippen molar-refractivity contribution >= 4 is 0 Å². The normalized spacial score (nSPS) is 12.1. The third-order valence-electron chi connectivity index (χ3n) is 2.57. The maximum atomic E-state index is 12.8. The topological polar surface area (TPSA) is 55.9 Å². The van der Waals surface area contributed by atoms with Crippen LogP contribution in [0.2, 0.25) is 0 Å². The number of alkyl halides is 3. The fraction of sp³-hybridized carbons (Fsp3) is 0.400. The molecule has 2 aromatic heterocycles. The van der Waals surface area contributed by atoms with Crippen LogP contribution in [0.5, 0.6) is 0 Å². The van der Waals surface area contributed by atoms with Crippen LogP contribution in [0, 0.1) is 0 Å². The van der Waals surface area contributed by atoms with Gasteiger partial charge in [-0.1, -0.05) is 0 Å². The Morgan fingerprint density at radius 3 is 2.72 bits per heavy atom. The van der Waals surface area contributed by atoms with E-state index >= 15 is 0 Å². The molecule has 2 aromatic rings. The zero-order chi connectivity index (χ0) is 13.3. The van der Waals surface area contributed by atoms with Gasteiger partial charge >= 0.3 is 6.18 Å². The number of hydrogen-bond donors (Lipinski definition) is 1. The molecule has 0 spiro atoms. The summed E-state index contributed by atoms with van der Waals surface area (Å²) in [4.78, 5) is 3.83. The predicted molar refractivity (Wildman–Crippen MR) is 55.5 cm³/mol. The molecule has 0 unspecified atom stereocenters. The van der Waals surface area contributed by atoms with Gasteiger partial charge in [0.2, 0.25) is 0 Å². The number of aryl methyl sites for hydroxylation is 1. The molecule has 0 fully saturated rings. The fourth-order valence-corrected chi connectivity index (χ4v) is 1.78. The molecule has 8 heteroatoms. The van der Waals surface area contributed by atoms with E-state index in [1.165, 1.54) is 30.2 Å². The number of aromatic nitrogens is 4. The second-order valence-electron chi connectivity index (χ2n) is 3.77. The van der Waals surface area contributed by atoms with Gasteiger partial charge in [0, 0.05) is 25.0 Å². The highest BCUT2D eigenvalue weighted by molar-refractivity contribution is 5.21. The van der Waals surface area contributed by atoms with Crippen molar-refractivity contribution in [2.24, 2.45) is 7.05 Å². The average Bonchev–Trinajstić information content (AvgIpc) is 2.84. The molecule has 0 bridgehead atoms. The summed E-state index contributed by atoms with van der Waals surface area (Å²) < 4.78 is 40.7. The van der Waals surface area contributed by atoms with Crippen molar-refractivity contribution in [2.45, 2.75) is 19.3 Å². The van der Waals surface area contributed by atoms with Gasteiger partial charge < -0.3 is 9.67 Å². The Kier molecular flexibility index (Phi) is 3.12. The largest absolute Gasteiger partial charge is 0.433 e. The molecule has 0 amide bonds. The lowest BCUT2D eigenvalue weighted by atomic mass is 10.2. The van der Waals surface area contributed by atoms with Crippen LogP contribution in [0.4, 0.5) is 13.2 Å². The van der Waals surface area contributed by atoms with Crippen molar-refractivity contribution in [1.29, 1.82) is 0 Å². The Labute approximate surface area is 100 Å². The van der Waals surface area contributed by atoms with Crippen molar-refractivity contribution in [3.8, 4) is 0 Å². The van der Waals surface area contributed by atoms with E-state index in [0.29, 0.717) is 5.82 Å². The SMILES string of the molecule is Cn1ncc(Cn2ccnc2CO)c1C(F)(F)F. The van der Waals surface area contributed by atoms with Crippen LogP contribution in [0.1, 0.15) is 17.1 Å². The monoisotopic (exact) mass is 260 g/mol. The number of aliphatic hydroxyl groups excluding tert-OH is 1. The van der Waals surface area contributed by atoms with Gasteiger partial charge in [-0.2, -0.15) is 18.3 Å². The molecule has 0 saturated heterocycles. The first-order valence-electron chi connectivity index (χ1n) is 5.12. The summed E-state index contributed by atoms with van der Waals surface area (Å²) >= 11 is 0. The van der Waals surface area contributed by atoms with E-state index < -0.39 is 11.9 Å². The number of aliphatic hydroxyl groups is 1. The average molecular weight is 260 g/mol. The van der Waals surface area contributed by atoms with Crippen LogP contribution in [0.15, 0.2) is 18.6 Å². The summed E-state index contributed by atoms with van der Waals surface area (Å²) in [6.45, 7) is -0.354. The minimum absolute atomic E-state index is 0.0292. The second-order valence-corrected chi connectivity index (χ2v) is 3.77. The smallest absolute Gasteiger partial charge is 0.388 e. The van der Waals surface area contributed by atoms with Gasteiger partial charge in [0.1, 0.15) is 18.1 Å². The van der Waals surface area contributed by atoms with Gasteiger partial charge in [0.05, 0.1) is 12.7 Å². The highest BCUT2D eigenvalue weighted by atomic mass is 19.4. The molecule has 0 saturated carbocycles. The zero-order valence-corrected chi connectivity index (χ0v) is 9.52. The van der Waals surface area contributed by atoms with E-state index in [0.717, 1.165) is 4.68 Å². The quantitative estimate of drug-likeness (QED) is 0.901. The maximum Gasteiger partial charge on any atom is 0.433 e. The molecule has 0 aliphatic heterocycles. The molecule has 0 atom stereocenters. The Morgan fingerprint density at radius 2 is 2.11 bits per heavy atom. The highest BCUT2D eigenvalue weighted by Gasteiger charge is 2.37. The predicted octanol–water partition coefficient (Wildman–Crippen LogP) is 1.18. The number of hydrogen-bond acceptors (Lipinski definition) is 3. The molecular weight excluding hydrogens is 249 g/mol. The lowest BCUT2D eigenvalue weighted by molar-refractivity contribution is -0.144. The van der Waals surface area contributed by atoms with Crippen LogP contribution < -0.4 is 0 Å². The molecule has 0 aliphatic rings. The lowest BCUT2D eigenvalue weighted by Gasteiger charge is -2.11. The molecular formula is C10H11F3N4O. The summed E-state index contributed by atoms with van der Waals surface area (Å²) in [6, 6.07) is 0. The van der Waals surface area contributed by atoms with Gasteiger partial charge in [0.15, 0.2) is 0 Å². The summed E-state index contributed by atoms with van der Waals surface area (Å²) in [5.74, 6) is 0.312. The van der Waals surface area contributed by atoms with E-state index in [2.05, 4.69) is 10.1 Å². The summed E-state index contributed by atoms with van der Waals surface area (Å²) in [5.41, 5.74) is -0.752. The van der Waals surface area contributed by atoms with E-state index in [1.807, 2.05) is 0 Å². The minimum Gasteiger partial charge on any atom is -0.388 e. The number of halogens is 3. The fourth-order valence-electron chi connectivity index (χ4n) is 1.78. The Hall–Kier alpha value is -1.83. The highest BCUT2D eigenvalue weighted by Crippen LogP contribution is 2.31. The van der Waals surface area contributed by atoms with Crippen molar-refractivity contribution < 1.29 is 18.3 Å². The van der Waals surface area contributed by atoms with Crippen molar-refractivity contribution in [3.05, 3.63) is 35.7 Å². The molecule has 0 aromatic carbocycles.